The van der Waals surface area contributed by atoms with Crippen molar-refractivity contribution < 1.29 is 14.3 Å². The first kappa shape index (κ1) is 14.4. The van der Waals surface area contributed by atoms with Gasteiger partial charge in [-0.05, 0) is 25.1 Å². The number of benzene rings is 2. The van der Waals surface area contributed by atoms with Gasteiger partial charge in [0.1, 0.15) is 0 Å². The van der Waals surface area contributed by atoms with Crippen molar-refractivity contribution in [3.63, 3.8) is 0 Å². The van der Waals surface area contributed by atoms with E-state index in [1.807, 2.05) is 49.4 Å². The van der Waals surface area contributed by atoms with Crippen LogP contribution in [0.4, 0.5) is 5.69 Å². The summed E-state index contributed by atoms with van der Waals surface area (Å²) < 4.78 is 11.1. The maximum absolute atomic E-state index is 12.4. The number of ketones is 1. The second kappa shape index (κ2) is 6.10. The van der Waals surface area contributed by atoms with E-state index in [9.17, 15) is 4.79 Å². The Morgan fingerprint density at radius 2 is 2.00 bits per heavy atom. The van der Waals surface area contributed by atoms with Gasteiger partial charge in [-0.15, -0.1) is 0 Å². The number of methoxy groups -OCH3 is 1. The number of rotatable bonds is 4. The molecule has 1 N–H and O–H groups in total. The molecule has 114 valence electrons. The van der Waals surface area contributed by atoms with Crippen LogP contribution in [0.1, 0.15) is 35.3 Å². The Kier molecular flexibility index (Phi) is 4.00. The minimum absolute atomic E-state index is 0.112. The molecule has 1 unspecified atom stereocenters. The highest BCUT2D eigenvalue weighted by atomic mass is 16.5. The summed E-state index contributed by atoms with van der Waals surface area (Å²) in [5, 5.41) is 3.44. The van der Waals surface area contributed by atoms with Crippen LogP contribution in [0.2, 0.25) is 0 Å². The van der Waals surface area contributed by atoms with Crippen molar-refractivity contribution >= 4 is 11.5 Å². The number of hydrogen-bond acceptors (Lipinski definition) is 4. The van der Waals surface area contributed by atoms with Crippen molar-refractivity contribution in [2.24, 2.45) is 0 Å². The van der Waals surface area contributed by atoms with E-state index < -0.39 is 0 Å². The Morgan fingerprint density at radius 1 is 1.18 bits per heavy atom. The molecule has 0 aromatic heterocycles. The highest BCUT2D eigenvalue weighted by molar-refractivity contribution is 6.03. The van der Waals surface area contributed by atoms with Gasteiger partial charge in [0.05, 0.1) is 19.8 Å². The van der Waals surface area contributed by atoms with Crippen LogP contribution >= 0.6 is 0 Å². The third-order valence-corrected chi connectivity index (χ3v) is 3.84. The molecule has 4 heteroatoms. The smallest absolute Gasteiger partial charge is 0.167 e. The van der Waals surface area contributed by atoms with Crippen molar-refractivity contribution in [1.29, 1.82) is 0 Å². The van der Waals surface area contributed by atoms with Crippen molar-refractivity contribution in [2.45, 2.75) is 19.4 Å². The zero-order valence-electron chi connectivity index (χ0n) is 12.8. The third kappa shape index (κ3) is 2.52. The number of para-hydroxylation sites is 2. The van der Waals surface area contributed by atoms with E-state index in [1.54, 1.807) is 7.11 Å². The number of hydrogen-bond donors (Lipinski definition) is 1. The topological polar surface area (TPSA) is 47.6 Å². The van der Waals surface area contributed by atoms with Gasteiger partial charge in [-0.3, -0.25) is 4.79 Å². The summed E-state index contributed by atoms with van der Waals surface area (Å²) >= 11 is 0. The maximum atomic E-state index is 12.4. The maximum Gasteiger partial charge on any atom is 0.167 e. The molecule has 0 saturated heterocycles. The lowest BCUT2D eigenvalue weighted by molar-refractivity contribution is 0.0972. The van der Waals surface area contributed by atoms with Gasteiger partial charge >= 0.3 is 0 Å². The van der Waals surface area contributed by atoms with Crippen LogP contribution in [0.25, 0.3) is 0 Å². The number of fused-ring (bicyclic) bond motifs is 1. The van der Waals surface area contributed by atoms with Crippen molar-refractivity contribution in [3.8, 4) is 11.5 Å². The Labute approximate surface area is 130 Å². The lowest BCUT2D eigenvalue weighted by Crippen LogP contribution is -2.23. The van der Waals surface area contributed by atoms with E-state index >= 15 is 0 Å². The molecule has 22 heavy (non-hydrogen) atoms. The fourth-order valence-corrected chi connectivity index (χ4v) is 2.84. The average Bonchev–Trinajstić information content (AvgIpc) is 2.55. The van der Waals surface area contributed by atoms with Crippen molar-refractivity contribution in [2.75, 3.05) is 19.0 Å². The molecule has 0 saturated carbocycles. The van der Waals surface area contributed by atoms with E-state index in [0.717, 1.165) is 16.8 Å². The lowest BCUT2D eigenvalue weighted by atomic mass is 9.92. The summed E-state index contributed by atoms with van der Waals surface area (Å²) in [6.45, 7) is 2.48. The molecule has 0 bridgehead atoms. The number of ether oxygens (including phenoxy) is 2. The van der Waals surface area contributed by atoms with Crippen LogP contribution in [-0.4, -0.2) is 19.5 Å². The van der Waals surface area contributed by atoms with Crippen LogP contribution in [-0.2, 0) is 0 Å². The van der Waals surface area contributed by atoms with Crippen molar-refractivity contribution in [1.82, 2.24) is 0 Å². The molecule has 1 atom stereocenters. The minimum Gasteiger partial charge on any atom is -0.493 e. The highest BCUT2D eigenvalue weighted by Gasteiger charge is 2.28. The lowest BCUT2D eigenvalue weighted by Gasteiger charge is -2.28. The minimum atomic E-state index is -0.112. The fourth-order valence-electron chi connectivity index (χ4n) is 2.84. The van der Waals surface area contributed by atoms with Gasteiger partial charge in [0.2, 0.25) is 0 Å². The largest absolute Gasteiger partial charge is 0.493 e. The SMILES string of the molecule is CCOc1c(OC)cccc1C1CC(=O)c2ccccc2N1. The number of anilines is 1. The number of nitrogens with one attached hydrogen (secondary N) is 1. The number of carbonyl (C=O) groups is 1. The van der Waals surface area contributed by atoms with Gasteiger partial charge in [-0.1, -0.05) is 24.3 Å². The normalized spacial score (nSPS) is 16.6. The Morgan fingerprint density at radius 3 is 2.77 bits per heavy atom. The molecule has 0 spiro atoms. The van der Waals surface area contributed by atoms with Gasteiger partial charge in [0.15, 0.2) is 17.3 Å². The Balaban J connectivity index is 2.01. The summed E-state index contributed by atoms with van der Waals surface area (Å²) in [7, 11) is 1.62. The molecule has 2 aromatic carbocycles. The highest BCUT2D eigenvalue weighted by Crippen LogP contribution is 2.40. The van der Waals surface area contributed by atoms with E-state index in [4.69, 9.17) is 9.47 Å². The summed E-state index contributed by atoms with van der Waals surface area (Å²) in [5.74, 6) is 1.54. The summed E-state index contributed by atoms with van der Waals surface area (Å²) in [6.07, 6.45) is 0.407. The first-order valence-electron chi connectivity index (χ1n) is 7.43. The van der Waals surface area contributed by atoms with Gasteiger partial charge < -0.3 is 14.8 Å². The molecule has 0 aliphatic carbocycles. The van der Waals surface area contributed by atoms with E-state index in [2.05, 4.69) is 5.32 Å². The van der Waals surface area contributed by atoms with Gasteiger partial charge in [-0.2, -0.15) is 0 Å². The zero-order chi connectivity index (χ0) is 15.5. The molecule has 0 fully saturated rings. The number of Topliss-reactive ketones (excluding diaryl/α,β-unsaturated/α-hetero) is 1. The molecular weight excluding hydrogens is 278 g/mol. The average molecular weight is 297 g/mol. The predicted octanol–water partition coefficient (Wildman–Crippen LogP) is 3.83. The molecular formula is C18H19NO3. The first-order chi connectivity index (χ1) is 10.7. The van der Waals surface area contributed by atoms with Crippen LogP contribution in [0.15, 0.2) is 42.5 Å². The van der Waals surface area contributed by atoms with E-state index in [1.165, 1.54) is 0 Å². The molecule has 1 heterocycles. The molecule has 2 aromatic rings. The summed E-state index contributed by atoms with van der Waals surface area (Å²) in [5.41, 5.74) is 2.57. The van der Waals surface area contributed by atoms with Crippen LogP contribution in [0.5, 0.6) is 11.5 Å². The van der Waals surface area contributed by atoms with Crippen LogP contribution in [0, 0.1) is 0 Å². The molecule has 1 aliphatic rings. The Bertz CT molecular complexity index is 696. The van der Waals surface area contributed by atoms with Crippen LogP contribution in [0.3, 0.4) is 0 Å². The molecule has 1 aliphatic heterocycles. The third-order valence-electron chi connectivity index (χ3n) is 3.84. The van der Waals surface area contributed by atoms with Crippen LogP contribution < -0.4 is 14.8 Å². The molecule has 3 rings (SSSR count). The van der Waals surface area contributed by atoms with Crippen molar-refractivity contribution in [3.05, 3.63) is 53.6 Å². The molecule has 0 amide bonds. The zero-order valence-corrected chi connectivity index (χ0v) is 12.8. The number of carbonyl (C=O) groups excluding carboxylic acids is 1. The van der Waals surface area contributed by atoms with E-state index in [-0.39, 0.29) is 11.8 Å². The second-order valence-corrected chi connectivity index (χ2v) is 5.18. The second-order valence-electron chi connectivity index (χ2n) is 5.18. The summed E-state index contributed by atoms with van der Waals surface area (Å²) in [6, 6.07) is 13.3. The van der Waals surface area contributed by atoms with Gasteiger partial charge in [0.25, 0.3) is 0 Å². The quantitative estimate of drug-likeness (QED) is 0.931. The molecule has 4 nitrogen and oxygen atoms in total. The fraction of sp³-hybridized carbons (Fsp3) is 0.278. The standard InChI is InChI=1S/C18H19NO3/c1-3-22-18-13(8-6-10-17(18)21-2)15-11-16(20)12-7-4-5-9-14(12)19-15/h4-10,15,19H,3,11H2,1-2H3. The van der Waals surface area contributed by atoms with Gasteiger partial charge in [-0.25, -0.2) is 0 Å². The monoisotopic (exact) mass is 297 g/mol. The molecule has 0 radical (unpaired) electrons. The van der Waals surface area contributed by atoms with Gasteiger partial charge in [0, 0.05) is 23.2 Å². The first-order valence-corrected chi connectivity index (χ1v) is 7.43. The summed E-state index contributed by atoms with van der Waals surface area (Å²) in [4.78, 5) is 12.4. The van der Waals surface area contributed by atoms with E-state index in [0.29, 0.717) is 24.5 Å². The Hall–Kier alpha value is -2.49. The predicted molar refractivity (Wildman–Crippen MR) is 85.9 cm³/mol.